The second kappa shape index (κ2) is 12.7. The Balaban J connectivity index is 1.84. The predicted molar refractivity (Wildman–Crippen MR) is 156 cm³/mol. The molecule has 0 spiro atoms. The molecule has 3 aromatic rings. The Hall–Kier alpha value is -3.69. The van der Waals surface area contributed by atoms with E-state index in [1.807, 2.05) is 56.3 Å². The minimum atomic E-state index is -0.675. The topological polar surface area (TPSA) is 88.4 Å². The van der Waals surface area contributed by atoms with Gasteiger partial charge in [-0.1, -0.05) is 55.5 Å². The van der Waals surface area contributed by atoms with Gasteiger partial charge >= 0.3 is 5.97 Å². The van der Waals surface area contributed by atoms with Crippen molar-refractivity contribution in [3.63, 3.8) is 0 Å². The van der Waals surface area contributed by atoms with E-state index < -0.39 is 12.0 Å². The Kier molecular flexibility index (Phi) is 9.27. The second-order valence-corrected chi connectivity index (χ2v) is 11.1. The molecule has 0 radical (unpaired) electrons. The molecule has 0 fully saturated rings. The second-order valence-electron chi connectivity index (χ2n) is 10.1. The molecule has 2 aromatic carbocycles. The smallest absolute Gasteiger partial charge is 0.338 e. The Morgan fingerprint density at radius 3 is 2.40 bits per heavy atom. The molecular weight excluding hydrogens is 528 g/mol. The quantitative estimate of drug-likeness (QED) is 0.269. The molecule has 1 unspecified atom stereocenters. The van der Waals surface area contributed by atoms with Crippen LogP contribution in [0.1, 0.15) is 63.3 Å². The molecule has 0 N–H and O–H groups in total. The van der Waals surface area contributed by atoms with Crippen LogP contribution < -0.4 is 24.4 Å². The standard InChI is InChI=1S/C31H36N2O6S/c1-18(2)22-9-11-23(12-10-22)28-27(30(35)38-15-14-36-6)20(5)32-31-33(28)29(34)26(40-31)17-21-8-13-24(39-19(3)4)25(16-21)37-7/h8-13,16-19,28H,14-15H2,1-7H3. The number of rotatable bonds is 10. The number of methoxy groups -OCH3 is 2. The van der Waals surface area contributed by atoms with Gasteiger partial charge < -0.3 is 18.9 Å². The van der Waals surface area contributed by atoms with Gasteiger partial charge in [0.15, 0.2) is 16.3 Å². The van der Waals surface area contributed by atoms with Crippen molar-refractivity contribution in [2.45, 2.75) is 52.7 Å². The largest absolute Gasteiger partial charge is 0.493 e. The van der Waals surface area contributed by atoms with E-state index in [2.05, 4.69) is 18.8 Å². The van der Waals surface area contributed by atoms with Crippen LogP contribution in [0.3, 0.4) is 0 Å². The highest BCUT2D eigenvalue weighted by Gasteiger charge is 2.33. The van der Waals surface area contributed by atoms with E-state index in [1.54, 1.807) is 31.8 Å². The lowest BCUT2D eigenvalue weighted by Crippen LogP contribution is -2.40. The number of benzene rings is 2. The summed E-state index contributed by atoms with van der Waals surface area (Å²) in [5.41, 5.74) is 3.37. The van der Waals surface area contributed by atoms with Crippen LogP contribution in [0.5, 0.6) is 11.5 Å². The maximum Gasteiger partial charge on any atom is 0.338 e. The first-order valence-electron chi connectivity index (χ1n) is 13.3. The van der Waals surface area contributed by atoms with E-state index >= 15 is 0 Å². The number of nitrogens with zero attached hydrogens (tertiary/aromatic N) is 2. The average molecular weight is 565 g/mol. The fourth-order valence-corrected chi connectivity index (χ4v) is 5.58. The van der Waals surface area contributed by atoms with E-state index in [0.717, 1.165) is 11.1 Å². The molecule has 0 amide bonds. The Bertz CT molecular complexity index is 1580. The van der Waals surface area contributed by atoms with Gasteiger partial charge in [-0.25, -0.2) is 9.79 Å². The zero-order valence-corrected chi connectivity index (χ0v) is 24.8. The minimum Gasteiger partial charge on any atom is -0.493 e. The van der Waals surface area contributed by atoms with Crippen LogP contribution in [0, 0.1) is 0 Å². The molecule has 0 bridgehead atoms. The SMILES string of the molecule is COCCOC(=O)C1=C(C)N=c2sc(=Cc3ccc(OC(C)C)c(OC)c3)c(=O)n2C1c1ccc(C(C)C)cc1. The molecular formula is C31H36N2O6S. The number of esters is 1. The number of hydrogen-bond donors (Lipinski definition) is 0. The third-order valence-corrected chi connectivity index (χ3v) is 7.51. The lowest BCUT2D eigenvalue weighted by molar-refractivity contribution is -0.140. The van der Waals surface area contributed by atoms with Gasteiger partial charge in [-0.2, -0.15) is 0 Å². The van der Waals surface area contributed by atoms with Crippen molar-refractivity contribution in [2.24, 2.45) is 4.99 Å². The van der Waals surface area contributed by atoms with Crippen LogP contribution in [0.4, 0.5) is 0 Å². The van der Waals surface area contributed by atoms with Gasteiger partial charge in [0.2, 0.25) is 0 Å². The zero-order chi connectivity index (χ0) is 29.0. The van der Waals surface area contributed by atoms with Crippen LogP contribution in [0.2, 0.25) is 0 Å². The van der Waals surface area contributed by atoms with Gasteiger partial charge in [0.05, 0.1) is 41.7 Å². The molecule has 9 heteroatoms. The summed E-state index contributed by atoms with van der Waals surface area (Å²) in [6.45, 7) is 10.3. The van der Waals surface area contributed by atoms with Gasteiger partial charge in [0.1, 0.15) is 6.61 Å². The molecule has 1 aromatic heterocycles. The molecule has 8 nitrogen and oxygen atoms in total. The van der Waals surface area contributed by atoms with Crippen molar-refractivity contribution in [1.29, 1.82) is 0 Å². The van der Waals surface area contributed by atoms with Crippen molar-refractivity contribution in [1.82, 2.24) is 4.57 Å². The van der Waals surface area contributed by atoms with Gasteiger partial charge in [0.25, 0.3) is 5.56 Å². The molecule has 0 saturated carbocycles. The Labute approximate surface area is 238 Å². The van der Waals surface area contributed by atoms with E-state index in [-0.39, 0.29) is 24.9 Å². The highest BCUT2D eigenvalue weighted by molar-refractivity contribution is 7.07. The fraction of sp³-hybridized carbons (Fsp3) is 0.387. The van der Waals surface area contributed by atoms with Crippen molar-refractivity contribution in [3.8, 4) is 11.5 Å². The number of carbonyl (C=O) groups is 1. The monoisotopic (exact) mass is 564 g/mol. The van der Waals surface area contributed by atoms with Crippen LogP contribution in [0.15, 0.2) is 63.5 Å². The normalized spacial score (nSPS) is 15.3. The number of thiazole rings is 1. The number of hydrogen-bond acceptors (Lipinski definition) is 8. The van der Waals surface area contributed by atoms with Crippen LogP contribution in [-0.2, 0) is 14.3 Å². The zero-order valence-electron chi connectivity index (χ0n) is 24.0. The van der Waals surface area contributed by atoms with E-state index in [4.69, 9.17) is 18.9 Å². The van der Waals surface area contributed by atoms with E-state index in [9.17, 15) is 9.59 Å². The van der Waals surface area contributed by atoms with Crippen LogP contribution in [0.25, 0.3) is 6.08 Å². The first-order valence-corrected chi connectivity index (χ1v) is 14.1. The van der Waals surface area contributed by atoms with Crippen molar-refractivity contribution in [3.05, 3.63) is 90.1 Å². The highest BCUT2D eigenvalue weighted by atomic mass is 32.1. The molecule has 0 aliphatic carbocycles. The van der Waals surface area contributed by atoms with E-state index in [1.165, 1.54) is 16.9 Å². The summed E-state index contributed by atoms with van der Waals surface area (Å²) >= 11 is 1.28. The van der Waals surface area contributed by atoms with Crippen LogP contribution >= 0.6 is 11.3 Å². The van der Waals surface area contributed by atoms with E-state index in [0.29, 0.717) is 38.0 Å². The molecule has 1 aliphatic rings. The third-order valence-electron chi connectivity index (χ3n) is 6.53. The van der Waals surface area contributed by atoms with Gasteiger partial charge in [-0.3, -0.25) is 9.36 Å². The first-order chi connectivity index (χ1) is 19.1. The van der Waals surface area contributed by atoms with Crippen molar-refractivity contribution in [2.75, 3.05) is 27.4 Å². The number of aromatic nitrogens is 1. The van der Waals surface area contributed by atoms with Crippen LogP contribution in [-0.4, -0.2) is 44.1 Å². The molecule has 1 atom stereocenters. The summed E-state index contributed by atoms with van der Waals surface area (Å²) in [7, 11) is 3.13. The van der Waals surface area contributed by atoms with Crippen molar-refractivity contribution >= 4 is 23.4 Å². The summed E-state index contributed by atoms with van der Waals surface area (Å²) in [6.07, 6.45) is 1.80. The van der Waals surface area contributed by atoms with Gasteiger partial charge in [-0.15, -0.1) is 0 Å². The van der Waals surface area contributed by atoms with Crippen molar-refractivity contribution < 1.29 is 23.7 Å². The molecule has 40 heavy (non-hydrogen) atoms. The first kappa shape index (κ1) is 29.3. The lowest BCUT2D eigenvalue weighted by atomic mass is 9.93. The van der Waals surface area contributed by atoms with Gasteiger partial charge in [0, 0.05) is 7.11 Å². The molecule has 2 heterocycles. The number of carbonyl (C=O) groups excluding carboxylic acids is 1. The molecule has 0 saturated heterocycles. The summed E-state index contributed by atoms with van der Waals surface area (Å²) in [4.78, 5) is 32.4. The number of allylic oxidation sites excluding steroid dienone is 1. The summed E-state index contributed by atoms with van der Waals surface area (Å²) in [5.74, 6) is 1.04. The minimum absolute atomic E-state index is 0.00309. The Morgan fingerprint density at radius 2 is 1.77 bits per heavy atom. The summed E-state index contributed by atoms with van der Waals surface area (Å²) in [5, 5.41) is 0. The molecule has 1 aliphatic heterocycles. The maximum atomic E-state index is 13.9. The Morgan fingerprint density at radius 1 is 1.05 bits per heavy atom. The van der Waals surface area contributed by atoms with Gasteiger partial charge in [-0.05, 0) is 61.6 Å². The molecule has 212 valence electrons. The highest BCUT2D eigenvalue weighted by Crippen LogP contribution is 2.32. The predicted octanol–water partition coefficient (Wildman–Crippen LogP) is 4.34. The number of ether oxygens (including phenoxy) is 4. The summed E-state index contributed by atoms with van der Waals surface area (Å²) < 4.78 is 24.0. The average Bonchev–Trinajstić information content (AvgIpc) is 3.22. The third kappa shape index (κ3) is 6.21. The maximum absolute atomic E-state index is 13.9. The lowest BCUT2D eigenvalue weighted by Gasteiger charge is -2.25. The fourth-order valence-electron chi connectivity index (χ4n) is 4.53. The summed E-state index contributed by atoms with van der Waals surface area (Å²) in [6, 6.07) is 12.9. The molecule has 4 rings (SSSR count). The number of fused-ring (bicyclic) bond motifs is 1.